The average molecular weight is 1390 g/mol. The lowest BCUT2D eigenvalue weighted by Crippen LogP contribution is -2.31. The van der Waals surface area contributed by atoms with E-state index in [1.165, 1.54) is 66.8 Å². The highest BCUT2D eigenvalue weighted by Gasteiger charge is 2.42. The van der Waals surface area contributed by atoms with Gasteiger partial charge in [0, 0.05) is 51.5 Å². The molecule has 5 heterocycles. The van der Waals surface area contributed by atoms with Crippen molar-refractivity contribution in [3.8, 4) is 101 Å². The molecular weight excluding hydrogens is 1310 g/mol. The molecule has 0 N–H and O–H groups in total. The average Bonchev–Trinajstić information content (AvgIpc) is 0.729. The molecule has 16 aromatic rings. The van der Waals surface area contributed by atoms with Crippen molar-refractivity contribution in [3.05, 3.63) is 396 Å². The molecule has 19 rings (SSSR count). The fourth-order valence-corrected chi connectivity index (χ4v) is 17.1. The standard InChI is InChI=1S/C100H76N8/c1-98(2)81-58-70(64-25-13-7-14-26-64)37-43-79(81)94(80-44-38-71(59-82(80)98)65-27-15-8-16-28-65)87-49-52-101-95(104-87)76-55-77(96-102-53-50-92(105-96)107-88-45-39-72(66-29-17-9-18-30-66)60-83(88)99(3,4)84-61-73(40-46-89(84)107)67-31-19-10-20-32-67)57-78(56-76)97-103-54-51-93(106-97)108-90-47-41-74(68-33-21-11-22-34-68)62-85(90)100(5,6)86-63-75(42-48-91(86)108)69-35-23-12-24-36-69/h7-63,94H,1-6H3. The molecule has 3 aliphatic rings. The zero-order valence-electron chi connectivity index (χ0n) is 61.1. The molecule has 0 radical (unpaired) electrons. The van der Waals surface area contributed by atoms with Crippen molar-refractivity contribution in [1.82, 2.24) is 29.9 Å². The summed E-state index contributed by atoms with van der Waals surface area (Å²) < 4.78 is 0. The third-order valence-electron chi connectivity index (χ3n) is 22.8. The lowest BCUT2D eigenvalue weighted by Gasteiger charge is -2.42. The van der Waals surface area contributed by atoms with E-state index in [0.29, 0.717) is 17.5 Å². The van der Waals surface area contributed by atoms with Gasteiger partial charge in [0.05, 0.1) is 34.4 Å². The molecule has 8 heteroatoms. The number of nitrogens with zero attached hydrogens (tertiary/aromatic N) is 8. The highest BCUT2D eigenvalue weighted by molar-refractivity contribution is 5.91. The van der Waals surface area contributed by atoms with Gasteiger partial charge < -0.3 is 0 Å². The predicted molar refractivity (Wildman–Crippen MR) is 442 cm³/mol. The van der Waals surface area contributed by atoms with Crippen LogP contribution in [0.4, 0.5) is 34.4 Å². The van der Waals surface area contributed by atoms with E-state index < -0.39 is 10.8 Å². The highest BCUT2D eigenvalue weighted by atomic mass is 15.2. The number of benzene rings is 13. The molecule has 516 valence electrons. The van der Waals surface area contributed by atoms with Crippen LogP contribution in [0.3, 0.4) is 0 Å². The van der Waals surface area contributed by atoms with E-state index in [0.717, 1.165) is 101 Å². The molecule has 3 aromatic heterocycles. The first-order chi connectivity index (χ1) is 52.8. The molecule has 0 unspecified atom stereocenters. The lowest BCUT2D eigenvalue weighted by molar-refractivity contribution is 0.595. The molecule has 0 atom stereocenters. The number of fused-ring (bicyclic) bond motifs is 6. The fraction of sp³-hybridized carbons (Fsp3) is 0.100. The Bertz CT molecular complexity index is 5270. The van der Waals surface area contributed by atoms with Crippen molar-refractivity contribution in [3.63, 3.8) is 0 Å². The van der Waals surface area contributed by atoms with Gasteiger partial charge >= 0.3 is 0 Å². The summed E-state index contributed by atoms with van der Waals surface area (Å²) in [5.41, 5.74) is 29.8. The first kappa shape index (κ1) is 65.5. The smallest absolute Gasteiger partial charge is 0.161 e. The Hall–Kier alpha value is -13.3. The lowest BCUT2D eigenvalue weighted by atomic mass is 9.63. The number of anilines is 6. The van der Waals surface area contributed by atoms with Crippen LogP contribution in [0, 0.1) is 0 Å². The largest absolute Gasteiger partial charge is 0.294 e. The van der Waals surface area contributed by atoms with Gasteiger partial charge in [-0.05, 0) is 208 Å². The molecule has 0 fully saturated rings. The van der Waals surface area contributed by atoms with Crippen LogP contribution < -0.4 is 9.80 Å². The van der Waals surface area contributed by atoms with Crippen LogP contribution in [0.15, 0.2) is 346 Å². The minimum absolute atomic E-state index is 0.234. The van der Waals surface area contributed by atoms with Crippen LogP contribution in [-0.4, -0.2) is 29.9 Å². The summed E-state index contributed by atoms with van der Waals surface area (Å²) in [7, 11) is 0. The van der Waals surface area contributed by atoms with Gasteiger partial charge in [-0.3, -0.25) is 9.80 Å². The van der Waals surface area contributed by atoms with E-state index in [2.05, 4.69) is 367 Å². The Labute approximate surface area is 631 Å². The van der Waals surface area contributed by atoms with Crippen molar-refractivity contribution in [2.24, 2.45) is 0 Å². The molecule has 0 spiro atoms. The Kier molecular flexibility index (Phi) is 15.8. The zero-order chi connectivity index (χ0) is 72.8. The summed E-state index contributed by atoms with van der Waals surface area (Å²) in [5.74, 6) is 2.79. The maximum atomic E-state index is 5.76. The van der Waals surface area contributed by atoms with Crippen LogP contribution >= 0.6 is 0 Å². The minimum atomic E-state index is -0.405. The zero-order valence-corrected chi connectivity index (χ0v) is 61.1. The molecular formula is C100H76N8. The molecule has 0 bridgehead atoms. The first-order valence-electron chi connectivity index (χ1n) is 37.2. The maximum Gasteiger partial charge on any atom is 0.161 e. The van der Waals surface area contributed by atoms with Crippen LogP contribution in [0.25, 0.3) is 101 Å². The third kappa shape index (κ3) is 11.3. The van der Waals surface area contributed by atoms with E-state index in [9.17, 15) is 0 Å². The van der Waals surface area contributed by atoms with Crippen LogP contribution in [0.5, 0.6) is 0 Å². The Balaban J connectivity index is 0.795. The molecule has 1 aliphatic carbocycles. The summed E-state index contributed by atoms with van der Waals surface area (Å²) in [6.07, 6.45) is 5.70. The van der Waals surface area contributed by atoms with Gasteiger partial charge in [0.1, 0.15) is 11.6 Å². The van der Waals surface area contributed by atoms with E-state index in [1.807, 2.05) is 30.7 Å². The van der Waals surface area contributed by atoms with Gasteiger partial charge in [-0.1, -0.05) is 272 Å². The summed E-state index contributed by atoms with van der Waals surface area (Å²) in [6.45, 7) is 14.1. The maximum absolute atomic E-state index is 5.76. The SMILES string of the molecule is CC1(C)c2cc(-c3ccccc3)ccc2C(c2ccnc(-c3cc(-c4nccc(N5c6ccc(-c7ccccc7)cc6C(C)(C)c6cc(-c7ccccc7)ccc65)n4)cc(-c4nccc(N5c6ccc(-c7ccccc7)cc6C(C)(C)c6cc(-c7ccccc7)ccc65)n4)c3)n2)c2ccc(-c3ccccc3)cc21. The van der Waals surface area contributed by atoms with Crippen LogP contribution in [-0.2, 0) is 16.2 Å². The third-order valence-corrected chi connectivity index (χ3v) is 22.8. The van der Waals surface area contributed by atoms with Gasteiger partial charge in [-0.15, -0.1) is 0 Å². The van der Waals surface area contributed by atoms with Gasteiger partial charge in [-0.2, -0.15) is 0 Å². The first-order valence-corrected chi connectivity index (χ1v) is 37.2. The van der Waals surface area contributed by atoms with Crippen molar-refractivity contribution >= 4 is 34.4 Å². The molecule has 8 nitrogen and oxygen atoms in total. The molecule has 2 aliphatic heterocycles. The van der Waals surface area contributed by atoms with Crippen molar-refractivity contribution in [1.29, 1.82) is 0 Å². The number of hydrogen-bond acceptors (Lipinski definition) is 8. The number of aromatic nitrogens is 6. The van der Waals surface area contributed by atoms with E-state index >= 15 is 0 Å². The summed E-state index contributed by atoms with van der Waals surface area (Å²) >= 11 is 0. The highest BCUT2D eigenvalue weighted by Crippen LogP contribution is 2.57. The van der Waals surface area contributed by atoms with E-state index in [1.54, 1.807) is 0 Å². The van der Waals surface area contributed by atoms with Crippen LogP contribution in [0.1, 0.15) is 97.7 Å². The molecule has 0 saturated carbocycles. The Morgan fingerprint density at radius 2 is 0.472 bits per heavy atom. The van der Waals surface area contributed by atoms with Crippen molar-refractivity contribution < 1.29 is 0 Å². The summed E-state index contributed by atoms with van der Waals surface area (Å²) in [5, 5.41) is 0. The molecule has 13 aromatic carbocycles. The molecule has 0 saturated heterocycles. The van der Waals surface area contributed by atoms with Gasteiger partial charge in [0.25, 0.3) is 0 Å². The van der Waals surface area contributed by atoms with E-state index in [4.69, 9.17) is 29.9 Å². The predicted octanol–water partition coefficient (Wildman–Crippen LogP) is 25.1. The fourth-order valence-electron chi connectivity index (χ4n) is 17.1. The van der Waals surface area contributed by atoms with E-state index in [-0.39, 0.29) is 11.3 Å². The number of hydrogen-bond donors (Lipinski definition) is 0. The summed E-state index contributed by atoms with van der Waals surface area (Å²) in [4.78, 5) is 37.5. The molecule has 108 heavy (non-hydrogen) atoms. The topological polar surface area (TPSA) is 83.8 Å². The number of rotatable bonds is 12. The second-order valence-corrected chi connectivity index (χ2v) is 30.3. The summed E-state index contributed by atoms with van der Waals surface area (Å²) in [6, 6.07) is 118. The Morgan fingerprint density at radius 3 is 0.769 bits per heavy atom. The normalized spacial score (nSPS) is 14.2. The van der Waals surface area contributed by atoms with Gasteiger partial charge in [0.15, 0.2) is 17.5 Å². The second-order valence-electron chi connectivity index (χ2n) is 30.3. The van der Waals surface area contributed by atoms with Crippen molar-refractivity contribution in [2.75, 3.05) is 9.80 Å². The van der Waals surface area contributed by atoms with Crippen molar-refractivity contribution in [2.45, 2.75) is 63.7 Å². The minimum Gasteiger partial charge on any atom is -0.294 e. The Morgan fingerprint density at radius 1 is 0.222 bits per heavy atom. The molecule has 0 amide bonds. The monoisotopic (exact) mass is 1390 g/mol. The van der Waals surface area contributed by atoms with Gasteiger partial charge in [0.2, 0.25) is 0 Å². The van der Waals surface area contributed by atoms with Crippen LogP contribution in [0.2, 0.25) is 0 Å². The quantitative estimate of drug-likeness (QED) is 0.120. The van der Waals surface area contributed by atoms with Gasteiger partial charge in [-0.25, -0.2) is 29.9 Å². The second kappa shape index (κ2) is 26.1.